The van der Waals surface area contributed by atoms with Crippen molar-refractivity contribution in [1.29, 1.82) is 0 Å². The van der Waals surface area contributed by atoms with Gasteiger partial charge in [-0.1, -0.05) is 27.7 Å². The molecule has 0 aromatic carbocycles. The number of Topliss-reactive ketones (excluding diaryl/α,β-unsaturated/α-hetero) is 1. The molecule has 1 saturated heterocycles. The lowest BCUT2D eigenvalue weighted by atomic mass is 9.68. The SMILES string of the molecule is CC(C)[C@H]1CC2(OCCO2)C2=CC(=O)[C@@](C)(CCC(=O)CC(=O)OC(C)(C)C)CC[C@@]21C. The molecule has 32 heavy (non-hydrogen) atoms. The maximum Gasteiger partial charge on any atom is 0.313 e. The largest absolute Gasteiger partial charge is 0.460 e. The molecule has 6 heteroatoms. The van der Waals surface area contributed by atoms with Gasteiger partial charge in [-0.3, -0.25) is 14.4 Å². The number of fused-ring (bicyclic) bond motifs is 2. The Morgan fingerprint density at radius 3 is 2.34 bits per heavy atom. The van der Waals surface area contributed by atoms with Crippen LogP contribution in [-0.4, -0.2) is 42.1 Å². The van der Waals surface area contributed by atoms with E-state index in [0.29, 0.717) is 37.9 Å². The summed E-state index contributed by atoms with van der Waals surface area (Å²) in [6.07, 6.45) is 4.46. The van der Waals surface area contributed by atoms with Crippen molar-refractivity contribution in [3.63, 3.8) is 0 Å². The van der Waals surface area contributed by atoms with Gasteiger partial charge in [-0.25, -0.2) is 0 Å². The van der Waals surface area contributed by atoms with Gasteiger partial charge in [-0.05, 0) is 68.9 Å². The van der Waals surface area contributed by atoms with E-state index in [2.05, 4.69) is 20.8 Å². The maximum absolute atomic E-state index is 13.5. The standard InChI is InChI=1S/C26H40O6/c1-17(2)19-16-26(30-12-13-31-26)20-15-21(28)24(6,10-11-25(19,20)7)9-8-18(27)14-22(29)32-23(3,4)5/h15,17,19H,8-14,16H2,1-7H3/t19-,24+,25-/m1/s1. The zero-order valence-corrected chi connectivity index (χ0v) is 20.8. The first-order chi connectivity index (χ1) is 14.7. The minimum Gasteiger partial charge on any atom is -0.460 e. The monoisotopic (exact) mass is 448 g/mol. The van der Waals surface area contributed by atoms with E-state index < -0.39 is 22.8 Å². The van der Waals surface area contributed by atoms with Crippen LogP contribution in [0, 0.1) is 22.7 Å². The van der Waals surface area contributed by atoms with E-state index in [1.807, 2.05) is 6.92 Å². The molecule has 1 spiro atoms. The second-order valence-corrected chi connectivity index (χ2v) is 11.7. The van der Waals surface area contributed by atoms with Crippen LogP contribution in [0.15, 0.2) is 11.6 Å². The van der Waals surface area contributed by atoms with E-state index in [0.717, 1.165) is 18.4 Å². The molecule has 1 saturated carbocycles. The minimum atomic E-state index is -0.781. The molecule has 3 atom stereocenters. The van der Waals surface area contributed by atoms with E-state index >= 15 is 0 Å². The molecule has 0 radical (unpaired) electrons. The van der Waals surface area contributed by atoms with Crippen molar-refractivity contribution in [3.05, 3.63) is 11.6 Å². The summed E-state index contributed by atoms with van der Waals surface area (Å²) < 4.78 is 17.5. The summed E-state index contributed by atoms with van der Waals surface area (Å²) in [4.78, 5) is 37.9. The third-order valence-electron chi connectivity index (χ3n) is 7.67. The molecule has 2 fully saturated rings. The van der Waals surface area contributed by atoms with Crippen LogP contribution in [0.3, 0.4) is 0 Å². The predicted octanol–water partition coefficient (Wildman–Crippen LogP) is 4.79. The van der Waals surface area contributed by atoms with Crippen LogP contribution < -0.4 is 0 Å². The molecule has 3 rings (SSSR count). The van der Waals surface area contributed by atoms with Crippen LogP contribution >= 0.6 is 0 Å². The normalized spacial score (nSPS) is 32.1. The van der Waals surface area contributed by atoms with E-state index in [1.54, 1.807) is 26.8 Å². The van der Waals surface area contributed by atoms with Gasteiger partial charge < -0.3 is 14.2 Å². The van der Waals surface area contributed by atoms with E-state index in [9.17, 15) is 14.4 Å². The number of allylic oxidation sites excluding steroid dienone is 1. The number of carbonyl (C=O) groups excluding carboxylic acids is 3. The number of ether oxygens (including phenoxy) is 3. The minimum absolute atomic E-state index is 0.0316. The summed E-state index contributed by atoms with van der Waals surface area (Å²) >= 11 is 0. The number of hydrogen-bond donors (Lipinski definition) is 0. The molecular weight excluding hydrogens is 408 g/mol. The highest BCUT2D eigenvalue weighted by molar-refractivity contribution is 5.98. The van der Waals surface area contributed by atoms with Crippen molar-refractivity contribution in [3.8, 4) is 0 Å². The van der Waals surface area contributed by atoms with Gasteiger partial charge >= 0.3 is 5.97 Å². The molecule has 180 valence electrons. The smallest absolute Gasteiger partial charge is 0.313 e. The Hall–Kier alpha value is -1.53. The molecule has 0 N–H and O–H groups in total. The highest BCUT2D eigenvalue weighted by Crippen LogP contribution is 2.62. The van der Waals surface area contributed by atoms with E-state index in [1.165, 1.54) is 0 Å². The van der Waals surface area contributed by atoms with Crippen LogP contribution in [0.2, 0.25) is 0 Å². The fraction of sp³-hybridized carbons (Fsp3) is 0.808. The predicted molar refractivity (Wildman–Crippen MR) is 121 cm³/mol. The Balaban J connectivity index is 1.76. The van der Waals surface area contributed by atoms with Crippen LogP contribution in [-0.2, 0) is 28.6 Å². The molecular formula is C26H40O6. The first kappa shape index (κ1) is 25.1. The molecule has 2 aliphatic carbocycles. The number of esters is 1. The second kappa shape index (κ2) is 8.68. The summed E-state index contributed by atoms with van der Waals surface area (Å²) in [5.41, 5.74) is -0.458. The van der Waals surface area contributed by atoms with Gasteiger partial charge in [-0.2, -0.15) is 0 Å². The molecule has 3 aliphatic rings. The van der Waals surface area contributed by atoms with Crippen LogP contribution in [0.5, 0.6) is 0 Å². The lowest BCUT2D eigenvalue weighted by Gasteiger charge is -2.36. The number of rotatable bonds is 6. The van der Waals surface area contributed by atoms with Gasteiger partial charge in [0, 0.05) is 18.3 Å². The number of hydrogen-bond acceptors (Lipinski definition) is 6. The molecule has 0 bridgehead atoms. The first-order valence-corrected chi connectivity index (χ1v) is 12.0. The topological polar surface area (TPSA) is 78.9 Å². The summed E-state index contributed by atoms with van der Waals surface area (Å²) in [6, 6.07) is 0. The molecule has 0 aromatic heterocycles. The highest BCUT2D eigenvalue weighted by atomic mass is 16.7. The van der Waals surface area contributed by atoms with E-state index in [4.69, 9.17) is 14.2 Å². The van der Waals surface area contributed by atoms with Gasteiger partial charge in [0.1, 0.15) is 17.8 Å². The molecule has 1 heterocycles. The Labute approximate surface area is 192 Å². The van der Waals surface area contributed by atoms with Gasteiger partial charge in [0.2, 0.25) is 0 Å². The van der Waals surface area contributed by atoms with Crippen molar-refractivity contribution < 1.29 is 28.6 Å². The maximum atomic E-state index is 13.5. The lowest BCUT2D eigenvalue weighted by molar-refractivity contribution is -0.156. The van der Waals surface area contributed by atoms with Crippen molar-refractivity contribution in [2.75, 3.05) is 13.2 Å². The van der Waals surface area contributed by atoms with Crippen molar-refractivity contribution in [2.45, 2.75) is 98.4 Å². The Kier molecular flexibility index (Phi) is 6.81. The third kappa shape index (κ3) is 4.86. The first-order valence-electron chi connectivity index (χ1n) is 12.0. The third-order valence-corrected chi connectivity index (χ3v) is 7.67. The van der Waals surface area contributed by atoms with Gasteiger partial charge in [0.15, 0.2) is 11.6 Å². The van der Waals surface area contributed by atoms with Gasteiger partial charge in [0.05, 0.1) is 13.2 Å². The highest BCUT2D eigenvalue weighted by Gasteiger charge is 2.61. The average molecular weight is 449 g/mol. The lowest BCUT2D eigenvalue weighted by Crippen LogP contribution is -2.32. The summed E-state index contributed by atoms with van der Waals surface area (Å²) in [5.74, 6) is -0.654. The van der Waals surface area contributed by atoms with Crippen LogP contribution in [0.1, 0.15) is 87.0 Å². The van der Waals surface area contributed by atoms with Crippen LogP contribution in [0.25, 0.3) is 0 Å². The molecule has 6 nitrogen and oxygen atoms in total. The summed E-state index contributed by atoms with van der Waals surface area (Å²) in [7, 11) is 0. The molecule has 0 amide bonds. The summed E-state index contributed by atoms with van der Waals surface area (Å²) in [6.45, 7) is 15.1. The zero-order chi connectivity index (χ0) is 23.9. The van der Waals surface area contributed by atoms with Gasteiger partial charge in [0.25, 0.3) is 0 Å². The zero-order valence-electron chi connectivity index (χ0n) is 20.8. The molecule has 1 aliphatic heterocycles. The Bertz CT molecular complexity index is 798. The van der Waals surface area contributed by atoms with Gasteiger partial charge in [-0.15, -0.1) is 0 Å². The second-order valence-electron chi connectivity index (χ2n) is 11.7. The van der Waals surface area contributed by atoms with Crippen LogP contribution in [0.4, 0.5) is 0 Å². The van der Waals surface area contributed by atoms with Crippen molar-refractivity contribution in [2.24, 2.45) is 22.7 Å². The quantitative estimate of drug-likeness (QED) is 0.429. The fourth-order valence-electron chi connectivity index (χ4n) is 5.81. The number of carbonyl (C=O) groups is 3. The fourth-order valence-corrected chi connectivity index (χ4v) is 5.81. The molecule has 0 unspecified atom stereocenters. The average Bonchev–Trinajstić information content (AvgIpc) is 3.19. The summed E-state index contributed by atoms with van der Waals surface area (Å²) in [5, 5.41) is 0. The molecule has 0 aromatic rings. The van der Waals surface area contributed by atoms with E-state index in [-0.39, 0.29) is 29.8 Å². The Morgan fingerprint density at radius 2 is 1.78 bits per heavy atom. The van der Waals surface area contributed by atoms with Crippen molar-refractivity contribution in [1.82, 2.24) is 0 Å². The number of ketones is 2. The Morgan fingerprint density at radius 1 is 1.16 bits per heavy atom. The van der Waals surface area contributed by atoms with Crippen molar-refractivity contribution >= 4 is 17.5 Å².